The molecule has 218 valence electrons. The monoisotopic (exact) mass is 608 g/mol. The highest BCUT2D eigenvalue weighted by Gasteiger charge is 2.38. The number of nitrogens with one attached hydrogen (secondary N) is 1. The van der Waals surface area contributed by atoms with Gasteiger partial charge in [0, 0.05) is 43.8 Å². The van der Waals surface area contributed by atoms with Crippen LogP contribution < -0.4 is 11.1 Å². The van der Waals surface area contributed by atoms with Crippen molar-refractivity contribution in [2.24, 2.45) is 5.73 Å². The molecule has 1 saturated heterocycles. The van der Waals surface area contributed by atoms with Crippen molar-refractivity contribution in [3.8, 4) is 10.6 Å². The lowest BCUT2D eigenvalue weighted by Gasteiger charge is -2.46. The number of carbonyl (C=O) groups is 2. The summed E-state index contributed by atoms with van der Waals surface area (Å²) in [4.78, 5) is 35.9. The number of hydrogen-bond acceptors (Lipinski definition) is 8. The molecule has 41 heavy (non-hydrogen) atoms. The van der Waals surface area contributed by atoms with E-state index in [1.54, 1.807) is 4.90 Å². The Morgan fingerprint density at radius 2 is 1.90 bits per heavy atom. The lowest BCUT2D eigenvalue weighted by Crippen LogP contribution is -2.62. The third kappa shape index (κ3) is 6.41. The molecule has 5 rings (SSSR count). The van der Waals surface area contributed by atoms with Gasteiger partial charge in [0.25, 0.3) is 0 Å². The number of ether oxygens (including phenoxy) is 1. The molecular weight excluding hydrogens is 581 g/mol. The maximum absolute atomic E-state index is 13.7. The van der Waals surface area contributed by atoms with E-state index in [1.807, 2.05) is 32.9 Å². The Bertz CT molecular complexity index is 1500. The molecule has 0 saturated carbocycles. The molecular formula is C27H28ClF3N6O3S. The van der Waals surface area contributed by atoms with Crippen molar-refractivity contribution in [1.29, 1.82) is 0 Å². The van der Waals surface area contributed by atoms with Crippen LogP contribution >= 0.6 is 22.9 Å². The second-order valence-electron chi connectivity index (χ2n) is 11.0. The van der Waals surface area contributed by atoms with Crippen molar-refractivity contribution in [2.45, 2.75) is 51.6 Å². The van der Waals surface area contributed by atoms with E-state index in [4.69, 9.17) is 22.1 Å². The smallest absolute Gasteiger partial charge is 0.420 e. The fourth-order valence-electron chi connectivity index (χ4n) is 4.72. The quantitative estimate of drug-likeness (QED) is 0.382. The normalized spacial score (nSPS) is 16.2. The summed E-state index contributed by atoms with van der Waals surface area (Å²) >= 11 is 7.51. The predicted octanol–water partition coefficient (Wildman–Crippen LogP) is 5.70. The summed E-state index contributed by atoms with van der Waals surface area (Å²) in [5.74, 6) is -0.816. The Hall–Kier alpha value is -3.42. The summed E-state index contributed by atoms with van der Waals surface area (Å²) in [5, 5.41) is 4.71. The summed E-state index contributed by atoms with van der Waals surface area (Å²) in [6.45, 7) is 8.14. The van der Waals surface area contributed by atoms with Crippen molar-refractivity contribution >= 4 is 46.6 Å². The van der Waals surface area contributed by atoms with Gasteiger partial charge in [0.05, 0.1) is 26.8 Å². The van der Waals surface area contributed by atoms with Crippen molar-refractivity contribution < 1.29 is 27.5 Å². The highest BCUT2D eigenvalue weighted by molar-refractivity contribution is 7.13. The third-order valence-corrected chi connectivity index (χ3v) is 8.07. The van der Waals surface area contributed by atoms with Gasteiger partial charge in [0.15, 0.2) is 0 Å². The molecule has 3 N–H and O–H groups in total. The van der Waals surface area contributed by atoms with Gasteiger partial charge >= 0.3 is 12.3 Å². The molecule has 2 aromatic heterocycles. The number of primary amides is 1. The van der Waals surface area contributed by atoms with Gasteiger partial charge in [-0.3, -0.25) is 9.69 Å². The molecule has 0 radical (unpaired) electrons. The number of thiophene rings is 1. The first-order chi connectivity index (χ1) is 19.2. The molecule has 0 unspecified atom stereocenters. The number of amides is 2. The van der Waals surface area contributed by atoms with Gasteiger partial charge in [0.2, 0.25) is 11.9 Å². The highest BCUT2D eigenvalue weighted by atomic mass is 35.5. The Balaban J connectivity index is 1.31. The molecule has 0 spiro atoms. The molecule has 2 aliphatic heterocycles. The van der Waals surface area contributed by atoms with Crippen LogP contribution in [0.4, 0.5) is 29.6 Å². The number of nitrogens with two attached hydrogens (primary N) is 1. The average Bonchev–Trinajstić information content (AvgIpc) is 3.33. The molecule has 1 aromatic carbocycles. The van der Waals surface area contributed by atoms with Gasteiger partial charge in [-0.1, -0.05) is 11.6 Å². The molecule has 3 aromatic rings. The number of carbonyl (C=O) groups excluding carboxylic acids is 2. The minimum Gasteiger partial charge on any atom is -0.444 e. The van der Waals surface area contributed by atoms with Crippen LogP contribution in [0.5, 0.6) is 0 Å². The van der Waals surface area contributed by atoms with E-state index in [-0.39, 0.29) is 34.2 Å². The van der Waals surface area contributed by atoms with Crippen LogP contribution in [-0.2, 0) is 23.9 Å². The van der Waals surface area contributed by atoms with E-state index in [9.17, 15) is 22.8 Å². The first-order valence-corrected chi connectivity index (χ1v) is 14.1. The number of aromatic nitrogens is 2. The Morgan fingerprint density at radius 3 is 2.54 bits per heavy atom. The minimum atomic E-state index is -4.70. The summed E-state index contributed by atoms with van der Waals surface area (Å²) in [6, 6.07) is 5.19. The number of nitrogens with zero attached hydrogens (tertiary/aromatic N) is 4. The number of benzene rings is 1. The van der Waals surface area contributed by atoms with Gasteiger partial charge in [-0.25, -0.2) is 14.8 Å². The largest absolute Gasteiger partial charge is 0.444 e. The van der Waals surface area contributed by atoms with E-state index >= 15 is 0 Å². The molecule has 0 aliphatic carbocycles. The number of hydrogen-bond donors (Lipinski definition) is 2. The standard InChI is InChI=1S/C27H28ClF3N6O3S/c1-26(2,3)40-25(39)37-11-17(12-37)36-5-4-14-7-20(19(28)6-15(14)10-36)34-24-33-9-18(27(29,30)31)22(35-24)21-8-16(13-41-21)23(32)38/h6-9,13,17H,4-5,10-12H2,1-3H3,(H2,32,38)(H,33,34,35). The molecule has 4 heterocycles. The second kappa shape index (κ2) is 10.8. The second-order valence-corrected chi connectivity index (χ2v) is 12.3. The van der Waals surface area contributed by atoms with Crippen LogP contribution in [0.15, 0.2) is 29.8 Å². The minimum absolute atomic E-state index is 0.0713. The molecule has 9 nitrogen and oxygen atoms in total. The molecule has 1 fully saturated rings. The van der Waals surface area contributed by atoms with Crippen LogP contribution in [0.3, 0.4) is 0 Å². The van der Waals surface area contributed by atoms with E-state index in [0.717, 1.165) is 35.4 Å². The number of alkyl halides is 3. The zero-order valence-corrected chi connectivity index (χ0v) is 24.1. The summed E-state index contributed by atoms with van der Waals surface area (Å²) < 4.78 is 46.6. The van der Waals surface area contributed by atoms with Gasteiger partial charge in [-0.05, 0) is 56.5 Å². The lowest BCUT2D eigenvalue weighted by atomic mass is 9.96. The fraction of sp³-hybridized carbons (Fsp3) is 0.407. The van der Waals surface area contributed by atoms with E-state index in [1.165, 1.54) is 11.4 Å². The lowest BCUT2D eigenvalue weighted by molar-refractivity contribution is -0.137. The molecule has 2 amide bonds. The molecule has 2 aliphatic rings. The molecule has 0 atom stereocenters. The zero-order chi connectivity index (χ0) is 29.7. The first kappa shape index (κ1) is 29.1. The maximum atomic E-state index is 13.7. The van der Waals surface area contributed by atoms with Gasteiger partial charge in [-0.2, -0.15) is 13.2 Å². The van der Waals surface area contributed by atoms with Gasteiger partial charge < -0.3 is 20.7 Å². The third-order valence-electron chi connectivity index (χ3n) is 6.82. The number of anilines is 2. The SMILES string of the molecule is CC(C)(C)OC(=O)N1CC(N2CCc3cc(Nc4ncc(C(F)(F)F)c(-c5cc(C(N)=O)cs5)n4)c(Cl)cc3C2)C1. The Morgan fingerprint density at radius 1 is 1.17 bits per heavy atom. The predicted molar refractivity (Wildman–Crippen MR) is 149 cm³/mol. The summed E-state index contributed by atoms with van der Waals surface area (Å²) in [6.07, 6.45) is -3.58. The van der Waals surface area contributed by atoms with Crippen LogP contribution in [-0.4, -0.2) is 63.0 Å². The number of halogens is 4. The topological polar surface area (TPSA) is 114 Å². The van der Waals surface area contributed by atoms with E-state index < -0.39 is 23.2 Å². The van der Waals surface area contributed by atoms with E-state index in [0.29, 0.717) is 36.5 Å². The van der Waals surface area contributed by atoms with E-state index in [2.05, 4.69) is 20.2 Å². The Labute approximate surface area is 243 Å². The van der Waals surface area contributed by atoms with Crippen molar-refractivity contribution in [3.05, 3.63) is 57.1 Å². The van der Waals surface area contributed by atoms with Crippen LogP contribution in [0.1, 0.15) is 47.8 Å². The highest BCUT2D eigenvalue weighted by Crippen LogP contribution is 2.39. The van der Waals surface area contributed by atoms with Gasteiger partial charge in [-0.15, -0.1) is 11.3 Å². The van der Waals surface area contributed by atoms with Gasteiger partial charge in [0.1, 0.15) is 11.2 Å². The van der Waals surface area contributed by atoms with Crippen LogP contribution in [0, 0.1) is 0 Å². The summed E-state index contributed by atoms with van der Waals surface area (Å²) in [5.41, 5.74) is 5.98. The average molecular weight is 609 g/mol. The first-order valence-electron chi connectivity index (χ1n) is 12.8. The zero-order valence-electron chi connectivity index (χ0n) is 22.5. The Kier molecular flexibility index (Phi) is 7.64. The van der Waals surface area contributed by atoms with Crippen LogP contribution in [0.2, 0.25) is 5.02 Å². The number of likely N-dealkylation sites (tertiary alicyclic amines) is 1. The van der Waals surface area contributed by atoms with Crippen molar-refractivity contribution in [3.63, 3.8) is 0 Å². The molecule has 0 bridgehead atoms. The van der Waals surface area contributed by atoms with Crippen LogP contribution in [0.25, 0.3) is 10.6 Å². The number of rotatable bonds is 5. The number of fused-ring (bicyclic) bond motifs is 1. The fourth-order valence-corrected chi connectivity index (χ4v) is 5.85. The van der Waals surface area contributed by atoms with Crippen molar-refractivity contribution in [1.82, 2.24) is 19.8 Å². The molecule has 14 heteroatoms. The summed E-state index contributed by atoms with van der Waals surface area (Å²) in [7, 11) is 0. The maximum Gasteiger partial charge on any atom is 0.420 e. The van der Waals surface area contributed by atoms with Crippen molar-refractivity contribution in [2.75, 3.05) is 25.0 Å².